The second-order valence-corrected chi connectivity index (χ2v) is 8.68. The van der Waals surface area contributed by atoms with Crippen molar-refractivity contribution in [3.8, 4) is 0 Å². The van der Waals surface area contributed by atoms with Crippen LogP contribution in [-0.2, 0) is 20.8 Å². The molecule has 0 aliphatic carbocycles. The number of imidazole rings is 1. The number of nitrogens with zero attached hydrogens (tertiary/aromatic N) is 3. The number of H-pyrrole nitrogens is 1. The average Bonchev–Trinajstić information content (AvgIpc) is 3.55. The zero-order valence-electron chi connectivity index (χ0n) is 19.1. The Kier molecular flexibility index (Phi) is 8.46. The van der Waals surface area contributed by atoms with E-state index in [0.29, 0.717) is 6.54 Å². The van der Waals surface area contributed by atoms with Crippen molar-refractivity contribution in [1.29, 1.82) is 0 Å². The number of aromatic amines is 1. The average molecular weight is 497 g/mol. The molecule has 0 bridgehead atoms. The molecule has 2 saturated heterocycles. The highest BCUT2D eigenvalue weighted by Gasteiger charge is 2.46. The van der Waals surface area contributed by atoms with Crippen LogP contribution in [0.25, 0.3) is 0 Å². The van der Waals surface area contributed by atoms with Gasteiger partial charge in [0.1, 0.15) is 24.4 Å². The third-order valence-corrected chi connectivity index (χ3v) is 6.19. The van der Waals surface area contributed by atoms with Crippen LogP contribution >= 0.6 is 0 Å². The van der Waals surface area contributed by atoms with Gasteiger partial charge in [-0.2, -0.15) is 0 Å². The quantitative estimate of drug-likeness (QED) is 0.172. The number of ether oxygens (including phenoxy) is 3. The molecule has 14 heteroatoms. The fourth-order valence-corrected chi connectivity index (χ4v) is 4.31. The number of hydrogen-bond acceptors (Lipinski definition) is 11. The summed E-state index contributed by atoms with van der Waals surface area (Å²) in [6.45, 7) is 1.69. The molecule has 0 unspecified atom stereocenters. The second kappa shape index (κ2) is 11.5. The molecule has 35 heavy (non-hydrogen) atoms. The van der Waals surface area contributed by atoms with Gasteiger partial charge in [0.15, 0.2) is 12.5 Å². The second-order valence-electron chi connectivity index (χ2n) is 8.68. The molecule has 0 aromatic carbocycles. The van der Waals surface area contributed by atoms with Crippen molar-refractivity contribution in [2.75, 3.05) is 19.6 Å². The Balaban J connectivity index is 1.42. The Morgan fingerprint density at radius 1 is 1.26 bits per heavy atom. The molecular weight excluding hydrogens is 464 g/mol. The van der Waals surface area contributed by atoms with E-state index in [9.17, 15) is 24.9 Å². The lowest BCUT2D eigenvalue weighted by Gasteiger charge is -2.28. The zero-order valence-corrected chi connectivity index (χ0v) is 19.1. The predicted molar refractivity (Wildman–Crippen MR) is 120 cm³/mol. The van der Waals surface area contributed by atoms with Gasteiger partial charge in [0.2, 0.25) is 0 Å². The number of aryl methyl sites for hydroxylation is 1. The molecule has 7 N–H and O–H groups in total. The number of aromatic nitrogens is 4. The SMILES string of the molecule is NC[C@H]1O[C@@H](O[C@@H](CNCCCn2ccnc2)[C@@H]2C[C@@H](O)[C@H](n3ccc(=O)[nH]c3=O)O2)[C@H](O)[C@@H]1O. The molecule has 2 aliphatic rings. The number of aliphatic hydroxyl groups is 3. The molecule has 194 valence electrons. The highest BCUT2D eigenvalue weighted by atomic mass is 16.7. The summed E-state index contributed by atoms with van der Waals surface area (Å²) in [6, 6.07) is 1.16. The summed E-state index contributed by atoms with van der Waals surface area (Å²) in [6.07, 6.45) is -0.389. The Hall–Kier alpha value is -2.43. The van der Waals surface area contributed by atoms with Crippen LogP contribution in [0.4, 0.5) is 0 Å². The van der Waals surface area contributed by atoms with Crippen molar-refractivity contribution < 1.29 is 29.5 Å². The van der Waals surface area contributed by atoms with Gasteiger partial charge in [-0.25, -0.2) is 9.78 Å². The van der Waals surface area contributed by atoms with E-state index in [0.717, 1.165) is 23.6 Å². The number of nitrogens with two attached hydrogens (primary N) is 1. The predicted octanol–water partition coefficient (Wildman–Crippen LogP) is -3.15. The molecule has 2 aromatic heterocycles. The molecule has 2 aromatic rings. The lowest BCUT2D eigenvalue weighted by molar-refractivity contribution is -0.213. The third-order valence-electron chi connectivity index (χ3n) is 6.19. The normalized spacial score (nSPS) is 31.7. The first-order valence-corrected chi connectivity index (χ1v) is 11.6. The van der Waals surface area contributed by atoms with Crippen molar-refractivity contribution in [3.05, 3.63) is 51.8 Å². The number of hydrogen-bond donors (Lipinski definition) is 6. The van der Waals surface area contributed by atoms with Gasteiger partial charge in [-0.1, -0.05) is 0 Å². The summed E-state index contributed by atoms with van der Waals surface area (Å²) >= 11 is 0. The monoisotopic (exact) mass is 496 g/mol. The minimum absolute atomic E-state index is 0.00506. The van der Waals surface area contributed by atoms with Crippen molar-refractivity contribution in [2.24, 2.45) is 5.73 Å². The lowest BCUT2D eigenvalue weighted by atomic mass is 10.1. The molecule has 2 aliphatic heterocycles. The Morgan fingerprint density at radius 3 is 2.77 bits per heavy atom. The summed E-state index contributed by atoms with van der Waals surface area (Å²) in [5, 5.41) is 34.4. The van der Waals surface area contributed by atoms with Crippen molar-refractivity contribution >= 4 is 0 Å². The molecule has 0 radical (unpaired) electrons. The van der Waals surface area contributed by atoms with E-state index >= 15 is 0 Å². The van der Waals surface area contributed by atoms with Gasteiger partial charge in [0, 0.05) is 50.7 Å². The van der Waals surface area contributed by atoms with Gasteiger partial charge in [-0.3, -0.25) is 14.3 Å². The van der Waals surface area contributed by atoms with Gasteiger partial charge >= 0.3 is 5.69 Å². The third kappa shape index (κ3) is 6.05. The Morgan fingerprint density at radius 2 is 2.09 bits per heavy atom. The molecule has 2 fully saturated rings. The number of aliphatic hydroxyl groups excluding tert-OH is 3. The molecule has 4 heterocycles. The van der Waals surface area contributed by atoms with Gasteiger partial charge < -0.3 is 45.1 Å². The van der Waals surface area contributed by atoms with E-state index in [2.05, 4.69) is 15.3 Å². The molecule has 0 amide bonds. The van der Waals surface area contributed by atoms with Crippen LogP contribution in [0.1, 0.15) is 19.1 Å². The van der Waals surface area contributed by atoms with Crippen LogP contribution in [0.3, 0.4) is 0 Å². The highest BCUT2D eigenvalue weighted by molar-refractivity contribution is 4.93. The summed E-state index contributed by atoms with van der Waals surface area (Å²) in [4.78, 5) is 29.7. The summed E-state index contributed by atoms with van der Waals surface area (Å²) in [7, 11) is 0. The van der Waals surface area contributed by atoms with E-state index in [-0.39, 0.29) is 19.5 Å². The van der Waals surface area contributed by atoms with Crippen LogP contribution in [-0.4, -0.2) is 97.0 Å². The summed E-state index contributed by atoms with van der Waals surface area (Å²) < 4.78 is 20.6. The highest BCUT2D eigenvalue weighted by Crippen LogP contribution is 2.32. The maximum absolute atomic E-state index is 12.2. The topological polar surface area (TPSA) is 199 Å². The number of nitrogens with one attached hydrogen (secondary N) is 2. The summed E-state index contributed by atoms with van der Waals surface area (Å²) in [5.74, 6) is 0. The van der Waals surface area contributed by atoms with Crippen molar-refractivity contribution in [3.63, 3.8) is 0 Å². The van der Waals surface area contributed by atoms with Crippen LogP contribution in [0.15, 0.2) is 40.6 Å². The smallest absolute Gasteiger partial charge is 0.330 e. The van der Waals surface area contributed by atoms with E-state index in [1.807, 2.05) is 10.8 Å². The molecule has 4 rings (SSSR count). The first-order chi connectivity index (χ1) is 16.9. The Bertz CT molecular complexity index is 1040. The Labute approximate surface area is 200 Å². The van der Waals surface area contributed by atoms with E-state index < -0.39 is 60.4 Å². The van der Waals surface area contributed by atoms with E-state index in [1.165, 1.54) is 6.20 Å². The molecule has 14 nitrogen and oxygen atoms in total. The fraction of sp³-hybridized carbons (Fsp3) is 0.667. The lowest BCUT2D eigenvalue weighted by Crippen LogP contribution is -2.44. The first-order valence-electron chi connectivity index (χ1n) is 11.6. The zero-order chi connectivity index (χ0) is 24.9. The molecule has 8 atom stereocenters. The van der Waals surface area contributed by atoms with E-state index in [4.69, 9.17) is 19.9 Å². The van der Waals surface area contributed by atoms with Gasteiger partial charge in [0.05, 0.1) is 18.5 Å². The minimum atomic E-state index is -1.31. The van der Waals surface area contributed by atoms with Gasteiger partial charge in [0.25, 0.3) is 5.56 Å². The summed E-state index contributed by atoms with van der Waals surface area (Å²) in [5.41, 5.74) is 4.33. The van der Waals surface area contributed by atoms with Gasteiger partial charge in [-0.15, -0.1) is 0 Å². The van der Waals surface area contributed by atoms with Crippen molar-refractivity contribution in [2.45, 2.75) is 68.5 Å². The van der Waals surface area contributed by atoms with Gasteiger partial charge in [-0.05, 0) is 13.0 Å². The standard InChI is InChI=1S/C21H32N6O8/c22-9-14-17(30)18(31)20(34-14)35-15(10-23-3-1-5-26-7-4-24-11-26)13-8-12(28)19(33-13)27-6-2-16(29)25-21(27)32/h2,4,6-7,11-15,17-20,23,28,30-31H,1,3,5,8-10,22H2,(H,25,29,32)/t12-,13+,14-,15+,17-,18-,19-,20+/m1/s1. The van der Waals surface area contributed by atoms with Crippen LogP contribution in [0.5, 0.6) is 0 Å². The maximum Gasteiger partial charge on any atom is 0.330 e. The van der Waals surface area contributed by atoms with E-state index in [1.54, 1.807) is 12.5 Å². The largest absolute Gasteiger partial charge is 0.388 e. The maximum atomic E-state index is 12.2. The number of rotatable bonds is 11. The molecule has 0 saturated carbocycles. The van der Waals surface area contributed by atoms with Crippen molar-refractivity contribution in [1.82, 2.24) is 24.4 Å². The fourth-order valence-electron chi connectivity index (χ4n) is 4.31. The molecular formula is C21H32N6O8. The van der Waals surface area contributed by atoms with Crippen LogP contribution < -0.4 is 22.3 Å². The minimum Gasteiger partial charge on any atom is -0.388 e. The first kappa shape index (κ1) is 25.7. The molecule has 0 spiro atoms. The van der Waals surface area contributed by atoms with Crippen LogP contribution in [0.2, 0.25) is 0 Å². The van der Waals surface area contributed by atoms with Crippen LogP contribution in [0, 0.1) is 0 Å².